The standard InChI is InChI=1S/C17H14FN5O2/c1-2-11-23-21-17(20-22-23)19-16(24)10-8-14-7-9-15(25-14)12-3-5-13(18)6-4-12/h2-10H,1,11H2,(H,19,21,24)/b10-8+. The molecule has 1 amide bonds. The lowest BCUT2D eigenvalue weighted by Gasteiger charge is -1.96. The van der Waals surface area contributed by atoms with E-state index in [9.17, 15) is 9.18 Å². The van der Waals surface area contributed by atoms with Crippen LogP contribution in [-0.2, 0) is 11.3 Å². The predicted octanol–water partition coefficient (Wildman–Crippen LogP) is 2.91. The summed E-state index contributed by atoms with van der Waals surface area (Å²) in [6, 6.07) is 9.40. The molecule has 1 aromatic carbocycles. The van der Waals surface area contributed by atoms with E-state index in [1.807, 2.05) is 0 Å². The van der Waals surface area contributed by atoms with Gasteiger partial charge in [-0.2, -0.15) is 4.80 Å². The van der Waals surface area contributed by atoms with Gasteiger partial charge >= 0.3 is 0 Å². The van der Waals surface area contributed by atoms with Gasteiger partial charge < -0.3 is 4.42 Å². The highest BCUT2D eigenvalue weighted by molar-refractivity contribution is 6.00. The molecule has 3 rings (SSSR count). The Labute approximate surface area is 142 Å². The number of hydrogen-bond donors (Lipinski definition) is 1. The van der Waals surface area contributed by atoms with Crippen LogP contribution in [-0.4, -0.2) is 26.1 Å². The molecule has 0 aliphatic heterocycles. The lowest BCUT2D eigenvalue weighted by Crippen LogP contribution is -2.09. The molecule has 126 valence electrons. The molecular formula is C17H14FN5O2. The van der Waals surface area contributed by atoms with Crippen molar-refractivity contribution in [1.29, 1.82) is 0 Å². The number of allylic oxidation sites excluding steroid dienone is 1. The number of aromatic nitrogens is 4. The Hall–Kier alpha value is -3.55. The Morgan fingerprint density at radius 3 is 2.84 bits per heavy atom. The minimum atomic E-state index is -0.419. The number of halogens is 1. The molecule has 8 heteroatoms. The average Bonchev–Trinajstić information content (AvgIpc) is 3.24. The second-order valence-corrected chi connectivity index (χ2v) is 4.99. The minimum absolute atomic E-state index is 0.1000. The zero-order valence-electron chi connectivity index (χ0n) is 13.1. The van der Waals surface area contributed by atoms with Crippen LogP contribution in [0.1, 0.15) is 5.76 Å². The van der Waals surface area contributed by atoms with Crippen LogP contribution in [0.3, 0.4) is 0 Å². The third-order valence-corrected chi connectivity index (χ3v) is 3.13. The molecule has 0 aliphatic carbocycles. The number of hydrogen-bond acceptors (Lipinski definition) is 5. The molecule has 0 fully saturated rings. The third-order valence-electron chi connectivity index (χ3n) is 3.13. The van der Waals surface area contributed by atoms with Crippen molar-refractivity contribution in [3.05, 3.63) is 66.7 Å². The highest BCUT2D eigenvalue weighted by Crippen LogP contribution is 2.23. The fourth-order valence-corrected chi connectivity index (χ4v) is 2.01. The van der Waals surface area contributed by atoms with E-state index in [-0.39, 0.29) is 11.8 Å². The van der Waals surface area contributed by atoms with Crippen molar-refractivity contribution in [2.75, 3.05) is 5.32 Å². The van der Waals surface area contributed by atoms with Crippen LogP contribution in [0.25, 0.3) is 17.4 Å². The number of anilines is 1. The van der Waals surface area contributed by atoms with Crippen LogP contribution in [0, 0.1) is 5.82 Å². The van der Waals surface area contributed by atoms with Gasteiger partial charge in [0.2, 0.25) is 0 Å². The molecule has 2 aromatic heterocycles. The molecule has 3 aromatic rings. The Morgan fingerprint density at radius 1 is 1.28 bits per heavy atom. The normalized spacial score (nSPS) is 10.9. The summed E-state index contributed by atoms with van der Waals surface area (Å²) in [4.78, 5) is 13.1. The molecule has 0 spiro atoms. The second-order valence-electron chi connectivity index (χ2n) is 4.99. The topological polar surface area (TPSA) is 85.8 Å². The molecule has 25 heavy (non-hydrogen) atoms. The van der Waals surface area contributed by atoms with E-state index in [2.05, 4.69) is 27.3 Å². The Balaban J connectivity index is 1.62. The maximum absolute atomic E-state index is 12.9. The minimum Gasteiger partial charge on any atom is -0.457 e. The number of furan rings is 1. The maximum atomic E-state index is 12.9. The van der Waals surface area contributed by atoms with Gasteiger partial charge in [0.25, 0.3) is 11.9 Å². The molecule has 0 aliphatic rings. The Kier molecular flexibility index (Phi) is 4.79. The Morgan fingerprint density at radius 2 is 2.08 bits per heavy atom. The van der Waals surface area contributed by atoms with Crippen LogP contribution in [0.4, 0.5) is 10.3 Å². The monoisotopic (exact) mass is 339 g/mol. The van der Waals surface area contributed by atoms with Crippen molar-refractivity contribution in [1.82, 2.24) is 20.2 Å². The van der Waals surface area contributed by atoms with Gasteiger partial charge in [-0.05, 0) is 47.7 Å². The summed E-state index contributed by atoms with van der Waals surface area (Å²) in [5, 5.41) is 13.9. The Bertz CT molecular complexity index is 911. The van der Waals surface area contributed by atoms with E-state index in [0.717, 1.165) is 5.56 Å². The van der Waals surface area contributed by atoms with Crippen molar-refractivity contribution in [2.45, 2.75) is 6.54 Å². The predicted molar refractivity (Wildman–Crippen MR) is 89.8 cm³/mol. The summed E-state index contributed by atoms with van der Waals surface area (Å²) >= 11 is 0. The number of benzene rings is 1. The van der Waals surface area contributed by atoms with Gasteiger partial charge in [0.05, 0.1) is 6.54 Å². The summed E-state index contributed by atoms with van der Waals surface area (Å²) in [6.45, 7) is 3.96. The van der Waals surface area contributed by atoms with Crippen LogP contribution in [0.15, 0.2) is 59.5 Å². The first-order valence-electron chi connectivity index (χ1n) is 7.37. The first-order valence-corrected chi connectivity index (χ1v) is 7.37. The van der Waals surface area contributed by atoms with Gasteiger partial charge in [0, 0.05) is 11.6 Å². The summed E-state index contributed by atoms with van der Waals surface area (Å²) in [6.07, 6.45) is 4.42. The lowest BCUT2D eigenvalue weighted by molar-refractivity contribution is -0.111. The molecule has 0 bridgehead atoms. The highest BCUT2D eigenvalue weighted by Gasteiger charge is 2.06. The number of amides is 1. The summed E-state index contributed by atoms with van der Waals surface area (Å²) in [5.41, 5.74) is 0.744. The van der Waals surface area contributed by atoms with Crippen molar-refractivity contribution < 1.29 is 13.6 Å². The number of nitrogens with one attached hydrogen (secondary N) is 1. The molecule has 0 saturated carbocycles. The van der Waals surface area contributed by atoms with E-state index in [0.29, 0.717) is 18.1 Å². The molecule has 0 atom stereocenters. The van der Waals surface area contributed by atoms with E-state index in [1.54, 1.807) is 30.3 Å². The van der Waals surface area contributed by atoms with E-state index in [1.165, 1.54) is 29.1 Å². The van der Waals surface area contributed by atoms with Gasteiger partial charge in [-0.3, -0.25) is 10.1 Å². The fourth-order valence-electron chi connectivity index (χ4n) is 2.01. The van der Waals surface area contributed by atoms with Crippen LogP contribution in [0.2, 0.25) is 0 Å². The van der Waals surface area contributed by atoms with Gasteiger partial charge in [-0.25, -0.2) is 4.39 Å². The highest BCUT2D eigenvalue weighted by atomic mass is 19.1. The smallest absolute Gasteiger partial charge is 0.270 e. The van der Waals surface area contributed by atoms with Crippen LogP contribution >= 0.6 is 0 Å². The quantitative estimate of drug-likeness (QED) is 0.551. The zero-order valence-corrected chi connectivity index (χ0v) is 13.1. The number of carbonyl (C=O) groups is 1. The van der Waals surface area contributed by atoms with E-state index < -0.39 is 5.91 Å². The van der Waals surface area contributed by atoms with E-state index in [4.69, 9.17) is 4.42 Å². The van der Waals surface area contributed by atoms with Crippen LogP contribution < -0.4 is 5.32 Å². The molecular weight excluding hydrogens is 325 g/mol. The fraction of sp³-hybridized carbons (Fsp3) is 0.0588. The first kappa shape index (κ1) is 16.3. The third kappa shape index (κ3) is 4.25. The molecule has 0 radical (unpaired) electrons. The van der Waals surface area contributed by atoms with Crippen molar-refractivity contribution in [2.24, 2.45) is 0 Å². The van der Waals surface area contributed by atoms with Crippen molar-refractivity contribution in [3.63, 3.8) is 0 Å². The largest absolute Gasteiger partial charge is 0.457 e. The first-order chi connectivity index (χ1) is 12.1. The zero-order chi connectivity index (χ0) is 17.6. The van der Waals surface area contributed by atoms with Gasteiger partial charge in [-0.15, -0.1) is 11.7 Å². The lowest BCUT2D eigenvalue weighted by atomic mass is 10.2. The van der Waals surface area contributed by atoms with Gasteiger partial charge in [0.1, 0.15) is 17.3 Å². The molecule has 1 N–H and O–H groups in total. The molecule has 7 nitrogen and oxygen atoms in total. The number of nitrogens with zero attached hydrogens (tertiary/aromatic N) is 4. The molecule has 2 heterocycles. The number of rotatable bonds is 6. The maximum Gasteiger partial charge on any atom is 0.270 e. The molecule has 0 unspecified atom stereocenters. The van der Waals surface area contributed by atoms with Crippen molar-refractivity contribution >= 4 is 17.9 Å². The molecule has 0 saturated heterocycles. The van der Waals surface area contributed by atoms with Gasteiger partial charge in [-0.1, -0.05) is 11.2 Å². The number of tetrazole rings is 1. The second kappa shape index (κ2) is 7.35. The summed E-state index contributed by atoms with van der Waals surface area (Å²) in [5.74, 6) is 0.429. The SMILES string of the molecule is C=CCn1nnc(NC(=O)/C=C/c2ccc(-c3ccc(F)cc3)o2)n1. The summed E-state index contributed by atoms with van der Waals surface area (Å²) in [7, 11) is 0. The summed E-state index contributed by atoms with van der Waals surface area (Å²) < 4.78 is 18.5. The average molecular weight is 339 g/mol. The number of carbonyl (C=O) groups excluding carboxylic acids is 1. The van der Waals surface area contributed by atoms with Crippen LogP contribution in [0.5, 0.6) is 0 Å². The van der Waals surface area contributed by atoms with Gasteiger partial charge in [0.15, 0.2) is 0 Å². The van der Waals surface area contributed by atoms with E-state index >= 15 is 0 Å². The van der Waals surface area contributed by atoms with Crippen molar-refractivity contribution in [3.8, 4) is 11.3 Å².